The molecule has 4 nitrogen and oxygen atoms in total. The second-order valence-electron chi connectivity index (χ2n) is 4.61. The van der Waals surface area contributed by atoms with Crippen molar-refractivity contribution in [3.8, 4) is 0 Å². The van der Waals surface area contributed by atoms with Crippen molar-refractivity contribution in [2.45, 2.75) is 26.1 Å². The fourth-order valence-corrected chi connectivity index (χ4v) is 3.34. The van der Waals surface area contributed by atoms with E-state index >= 15 is 0 Å². The first kappa shape index (κ1) is 15.1. The fourth-order valence-electron chi connectivity index (χ4n) is 1.92. The van der Waals surface area contributed by atoms with Gasteiger partial charge >= 0.3 is 0 Å². The van der Waals surface area contributed by atoms with Gasteiger partial charge < -0.3 is 4.42 Å². The number of halogens is 1. The van der Waals surface area contributed by atoms with Gasteiger partial charge in [0, 0.05) is 17.1 Å². The molecule has 1 heterocycles. The van der Waals surface area contributed by atoms with Crippen LogP contribution in [0.3, 0.4) is 0 Å². The molecule has 0 bridgehead atoms. The number of benzene rings is 1. The predicted octanol–water partition coefficient (Wildman–Crippen LogP) is 3.17. The number of furan rings is 1. The molecule has 0 aliphatic rings. The van der Waals surface area contributed by atoms with E-state index in [0.717, 1.165) is 17.1 Å². The van der Waals surface area contributed by atoms with Crippen molar-refractivity contribution in [2.24, 2.45) is 0 Å². The summed E-state index contributed by atoms with van der Waals surface area (Å²) in [6, 6.07) is 8.74. The minimum absolute atomic E-state index is 0.136. The lowest BCUT2D eigenvalue weighted by atomic mass is 10.2. The van der Waals surface area contributed by atoms with Crippen LogP contribution in [0.25, 0.3) is 0 Å². The lowest BCUT2D eigenvalue weighted by Gasteiger charge is -2.07. The van der Waals surface area contributed by atoms with Crippen LogP contribution in [-0.4, -0.2) is 8.42 Å². The Labute approximate surface area is 123 Å². The van der Waals surface area contributed by atoms with E-state index in [4.69, 9.17) is 16.0 Å². The minimum Gasteiger partial charge on any atom is -0.466 e. The normalized spacial score (nSPS) is 11.8. The Balaban J connectivity index is 2.05. The highest BCUT2D eigenvalue weighted by molar-refractivity contribution is 7.88. The van der Waals surface area contributed by atoms with Gasteiger partial charge in [-0.25, -0.2) is 13.1 Å². The largest absolute Gasteiger partial charge is 0.466 e. The van der Waals surface area contributed by atoms with E-state index in [9.17, 15) is 8.42 Å². The van der Waals surface area contributed by atoms with Gasteiger partial charge in [-0.05, 0) is 31.5 Å². The van der Waals surface area contributed by atoms with Gasteiger partial charge in [-0.3, -0.25) is 0 Å². The van der Waals surface area contributed by atoms with E-state index in [1.807, 2.05) is 19.9 Å². The van der Waals surface area contributed by atoms with E-state index < -0.39 is 10.0 Å². The molecule has 2 rings (SSSR count). The van der Waals surface area contributed by atoms with E-state index in [2.05, 4.69) is 4.72 Å². The Bertz CT molecular complexity index is 707. The highest BCUT2D eigenvalue weighted by Gasteiger charge is 2.14. The molecule has 0 aliphatic heterocycles. The second kappa shape index (κ2) is 5.99. The second-order valence-corrected chi connectivity index (χ2v) is 6.82. The molecule has 1 aromatic heterocycles. The predicted molar refractivity (Wildman–Crippen MR) is 79.1 cm³/mol. The van der Waals surface area contributed by atoms with Crippen LogP contribution in [0.4, 0.5) is 0 Å². The molecule has 6 heteroatoms. The summed E-state index contributed by atoms with van der Waals surface area (Å²) in [5, 5.41) is 0.452. The van der Waals surface area contributed by atoms with Gasteiger partial charge in [0.05, 0.1) is 5.75 Å². The molecule has 0 radical (unpaired) electrons. The average Bonchev–Trinajstić information content (AvgIpc) is 2.68. The molecule has 108 valence electrons. The third kappa shape index (κ3) is 3.85. The fraction of sp³-hybridized carbons (Fsp3) is 0.286. The van der Waals surface area contributed by atoms with Gasteiger partial charge in [-0.15, -0.1) is 0 Å². The number of hydrogen-bond acceptors (Lipinski definition) is 3. The zero-order chi connectivity index (χ0) is 14.8. The van der Waals surface area contributed by atoms with Crippen LogP contribution in [0.15, 0.2) is 34.7 Å². The Morgan fingerprint density at radius 3 is 2.50 bits per heavy atom. The molecule has 2 aromatic rings. The average molecular weight is 314 g/mol. The van der Waals surface area contributed by atoms with Crippen molar-refractivity contribution in [3.05, 3.63) is 58.0 Å². The topological polar surface area (TPSA) is 59.3 Å². The van der Waals surface area contributed by atoms with Crippen LogP contribution in [0.1, 0.15) is 22.6 Å². The Hall–Kier alpha value is -1.30. The standard InChI is InChI=1S/C14H16ClNO3S/c1-10-7-13(11(2)19-10)8-16-20(17,18)9-12-5-3-4-6-14(12)15/h3-7,16H,8-9H2,1-2H3. The zero-order valence-electron chi connectivity index (χ0n) is 11.3. The lowest BCUT2D eigenvalue weighted by Crippen LogP contribution is -2.24. The first-order valence-electron chi connectivity index (χ1n) is 6.14. The van der Waals surface area contributed by atoms with Crippen LogP contribution < -0.4 is 4.72 Å². The Kier molecular flexibility index (Phi) is 4.52. The van der Waals surface area contributed by atoms with E-state index in [1.54, 1.807) is 24.3 Å². The van der Waals surface area contributed by atoms with Crippen molar-refractivity contribution in [3.63, 3.8) is 0 Å². The Morgan fingerprint density at radius 2 is 1.90 bits per heavy atom. The van der Waals surface area contributed by atoms with Gasteiger partial charge in [-0.2, -0.15) is 0 Å². The molecule has 0 saturated heterocycles. The summed E-state index contributed by atoms with van der Waals surface area (Å²) in [5.74, 6) is 1.36. The molecule has 0 fully saturated rings. The summed E-state index contributed by atoms with van der Waals surface area (Å²) >= 11 is 5.97. The first-order valence-corrected chi connectivity index (χ1v) is 8.17. The van der Waals surface area contributed by atoms with Crippen LogP contribution in [-0.2, 0) is 22.3 Å². The molecule has 0 unspecified atom stereocenters. The molecular formula is C14H16ClNO3S. The van der Waals surface area contributed by atoms with Crippen LogP contribution in [0.5, 0.6) is 0 Å². The third-order valence-electron chi connectivity index (χ3n) is 2.93. The number of aryl methyl sites for hydroxylation is 2. The Morgan fingerprint density at radius 1 is 1.20 bits per heavy atom. The van der Waals surface area contributed by atoms with Crippen LogP contribution in [0.2, 0.25) is 5.02 Å². The highest BCUT2D eigenvalue weighted by Crippen LogP contribution is 2.18. The molecule has 0 atom stereocenters. The van der Waals surface area contributed by atoms with E-state index in [-0.39, 0.29) is 12.3 Å². The summed E-state index contributed by atoms with van der Waals surface area (Å²) < 4.78 is 32.0. The van der Waals surface area contributed by atoms with Gasteiger partial charge in [0.2, 0.25) is 10.0 Å². The molecular weight excluding hydrogens is 298 g/mol. The van der Waals surface area contributed by atoms with Crippen LogP contribution >= 0.6 is 11.6 Å². The summed E-state index contributed by atoms with van der Waals surface area (Å²) in [4.78, 5) is 0. The molecule has 0 saturated carbocycles. The number of rotatable bonds is 5. The SMILES string of the molecule is Cc1cc(CNS(=O)(=O)Cc2ccccc2Cl)c(C)o1. The molecule has 0 amide bonds. The summed E-state index contributed by atoms with van der Waals surface area (Å²) in [5.41, 5.74) is 1.42. The molecule has 1 N–H and O–H groups in total. The lowest BCUT2D eigenvalue weighted by molar-refractivity contribution is 0.500. The summed E-state index contributed by atoms with van der Waals surface area (Å²) in [7, 11) is -3.44. The van der Waals surface area contributed by atoms with E-state index in [1.165, 1.54) is 0 Å². The maximum Gasteiger partial charge on any atom is 0.216 e. The van der Waals surface area contributed by atoms with Gasteiger partial charge in [0.1, 0.15) is 11.5 Å². The van der Waals surface area contributed by atoms with Gasteiger partial charge in [0.25, 0.3) is 0 Å². The first-order chi connectivity index (χ1) is 9.37. The number of nitrogens with one attached hydrogen (secondary N) is 1. The number of hydrogen-bond donors (Lipinski definition) is 1. The minimum atomic E-state index is -3.44. The van der Waals surface area contributed by atoms with Crippen LogP contribution in [0, 0.1) is 13.8 Å². The van der Waals surface area contributed by atoms with Gasteiger partial charge in [0.15, 0.2) is 0 Å². The third-order valence-corrected chi connectivity index (χ3v) is 4.57. The van der Waals surface area contributed by atoms with Crippen molar-refractivity contribution < 1.29 is 12.8 Å². The maximum atomic E-state index is 12.0. The van der Waals surface area contributed by atoms with E-state index in [0.29, 0.717) is 10.6 Å². The molecule has 0 spiro atoms. The van der Waals surface area contributed by atoms with Crippen molar-refractivity contribution in [1.82, 2.24) is 4.72 Å². The summed E-state index contributed by atoms with van der Waals surface area (Å²) in [6.45, 7) is 3.86. The zero-order valence-corrected chi connectivity index (χ0v) is 12.9. The highest BCUT2D eigenvalue weighted by atomic mass is 35.5. The summed E-state index contributed by atoms with van der Waals surface area (Å²) in [6.07, 6.45) is 0. The van der Waals surface area contributed by atoms with Crippen molar-refractivity contribution in [2.75, 3.05) is 0 Å². The smallest absolute Gasteiger partial charge is 0.216 e. The molecule has 0 aliphatic carbocycles. The molecule has 20 heavy (non-hydrogen) atoms. The number of sulfonamides is 1. The van der Waals surface area contributed by atoms with Crippen molar-refractivity contribution >= 4 is 21.6 Å². The van der Waals surface area contributed by atoms with Crippen molar-refractivity contribution in [1.29, 1.82) is 0 Å². The quantitative estimate of drug-likeness (QED) is 0.922. The van der Waals surface area contributed by atoms with Gasteiger partial charge in [-0.1, -0.05) is 29.8 Å². The molecule has 1 aromatic carbocycles. The maximum absolute atomic E-state index is 12.0. The monoisotopic (exact) mass is 313 g/mol.